The fraction of sp³-hybridized carbons (Fsp3) is 0.923. The molecule has 2 rings (SSSR count). The van der Waals surface area contributed by atoms with E-state index in [0.717, 1.165) is 37.8 Å². The lowest BCUT2D eigenvalue weighted by atomic mass is 10.0. The molecular formula is C13H24N2O. The summed E-state index contributed by atoms with van der Waals surface area (Å²) in [6.45, 7) is 4.12. The number of fused-ring (bicyclic) bond motifs is 1. The molecule has 0 aromatic carbocycles. The lowest BCUT2D eigenvalue weighted by Gasteiger charge is -2.19. The molecule has 2 fully saturated rings. The molecule has 1 saturated carbocycles. The summed E-state index contributed by atoms with van der Waals surface area (Å²) in [5.41, 5.74) is 5.92. The molecule has 92 valence electrons. The first kappa shape index (κ1) is 11.9. The van der Waals surface area contributed by atoms with E-state index in [1.165, 1.54) is 19.3 Å². The Morgan fingerprint density at radius 1 is 1.38 bits per heavy atom. The molecule has 2 aliphatic rings. The average Bonchev–Trinajstić information content (AvgIpc) is 2.76. The SMILES string of the molecule is CCCC(N)CC(=O)N1CC2CCCC2C1. The molecule has 1 aliphatic heterocycles. The zero-order chi connectivity index (χ0) is 11.5. The number of rotatable bonds is 4. The second-order valence-corrected chi connectivity index (χ2v) is 5.50. The van der Waals surface area contributed by atoms with Gasteiger partial charge >= 0.3 is 0 Å². The monoisotopic (exact) mass is 224 g/mol. The summed E-state index contributed by atoms with van der Waals surface area (Å²) in [6, 6.07) is 0.0675. The van der Waals surface area contributed by atoms with E-state index in [1.54, 1.807) is 0 Å². The predicted octanol–water partition coefficient (Wildman–Crippen LogP) is 1.76. The van der Waals surface area contributed by atoms with Gasteiger partial charge in [0.15, 0.2) is 0 Å². The second-order valence-electron chi connectivity index (χ2n) is 5.50. The lowest BCUT2D eigenvalue weighted by molar-refractivity contribution is -0.130. The normalized spacial score (nSPS) is 30.5. The number of carbonyl (C=O) groups excluding carboxylic acids is 1. The van der Waals surface area contributed by atoms with Gasteiger partial charge in [-0.3, -0.25) is 4.79 Å². The predicted molar refractivity (Wildman–Crippen MR) is 64.9 cm³/mol. The number of likely N-dealkylation sites (tertiary alicyclic amines) is 1. The van der Waals surface area contributed by atoms with Crippen molar-refractivity contribution in [2.75, 3.05) is 13.1 Å². The highest BCUT2D eigenvalue weighted by Crippen LogP contribution is 2.37. The number of hydrogen-bond acceptors (Lipinski definition) is 2. The topological polar surface area (TPSA) is 46.3 Å². The van der Waals surface area contributed by atoms with Crippen LogP contribution in [0.2, 0.25) is 0 Å². The van der Waals surface area contributed by atoms with Crippen molar-refractivity contribution in [3.8, 4) is 0 Å². The van der Waals surface area contributed by atoms with Crippen molar-refractivity contribution in [1.82, 2.24) is 4.90 Å². The van der Waals surface area contributed by atoms with E-state index in [4.69, 9.17) is 5.73 Å². The maximum absolute atomic E-state index is 12.0. The average molecular weight is 224 g/mol. The molecule has 1 heterocycles. The Morgan fingerprint density at radius 2 is 2.00 bits per heavy atom. The fourth-order valence-electron chi connectivity index (χ4n) is 3.26. The van der Waals surface area contributed by atoms with Crippen molar-refractivity contribution in [3.63, 3.8) is 0 Å². The highest BCUT2D eigenvalue weighted by atomic mass is 16.2. The molecule has 0 aromatic heterocycles. The van der Waals surface area contributed by atoms with Crippen LogP contribution in [0.4, 0.5) is 0 Å². The molecule has 16 heavy (non-hydrogen) atoms. The summed E-state index contributed by atoms with van der Waals surface area (Å²) in [4.78, 5) is 14.1. The maximum Gasteiger partial charge on any atom is 0.224 e. The van der Waals surface area contributed by atoms with Crippen LogP contribution in [0, 0.1) is 11.8 Å². The van der Waals surface area contributed by atoms with Crippen molar-refractivity contribution >= 4 is 5.91 Å². The van der Waals surface area contributed by atoms with Crippen molar-refractivity contribution in [2.45, 2.75) is 51.5 Å². The molecule has 0 aromatic rings. The minimum atomic E-state index is 0.0675. The van der Waals surface area contributed by atoms with Gasteiger partial charge in [0.2, 0.25) is 5.91 Å². The Kier molecular flexibility index (Phi) is 3.85. The van der Waals surface area contributed by atoms with E-state index >= 15 is 0 Å². The third kappa shape index (κ3) is 2.57. The fourth-order valence-corrected chi connectivity index (χ4v) is 3.26. The Balaban J connectivity index is 1.78. The molecular weight excluding hydrogens is 200 g/mol. The van der Waals surface area contributed by atoms with E-state index in [1.807, 2.05) is 0 Å². The smallest absolute Gasteiger partial charge is 0.224 e. The van der Waals surface area contributed by atoms with Crippen LogP contribution in [-0.2, 0) is 4.79 Å². The molecule has 3 heteroatoms. The number of hydrogen-bond donors (Lipinski definition) is 1. The molecule has 3 atom stereocenters. The van der Waals surface area contributed by atoms with E-state index in [2.05, 4.69) is 11.8 Å². The van der Waals surface area contributed by atoms with Crippen LogP contribution in [0.1, 0.15) is 45.4 Å². The van der Waals surface area contributed by atoms with Gasteiger partial charge < -0.3 is 10.6 Å². The Hall–Kier alpha value is -0.570. The first-order chi connectivity index (χ1) is 7.70. The van der Waals surface area contributed by atoms with Gasteiger partial charge in [-0.2, -0.15) is 0 Å². The summed E-state index contributed by atoms with van der Waals surface area (Å²) in [7, 11) is 0. The number of carbonyl (C=O) groups is 1. The Morgan fingerprint density at radius 3 is 2.56 bits per heavy atom. The second kappa shape index (κ2) is 5.17. The number of amides is 1. The van der Waals surface area contributed by atoms with E-state index in [-0.39, 0.29) is 11.9 Å². The number of nitrogens with two attached hydrogens (primary N) is 1. The van der Waals surface area contributed by atoms with Crippen LogP contribution >= 0.6 is 0 Å². The first-order valence-electron chi connectivity index (χ1n) is 6.74. The van der Waals surface area contributed by atoms with Crippen LogP contribution in [0.15, 0.2) is 0 Å². The Bertz CT molecular complexity index is 242. The van der Waals surface area contributed by atoms with Crippen LogP contribution in [-0.4, -0.2) is 29.9 Å². The van der Waals surface area contributed by atoms with Crippen LogP contribution in [0.5, 0.6) is 0 Å². The molecule has 0 spiro atoms. The first-order valence-corrected chi connectivity index (χ1v) is 6.74. The van der Waals surface area contributed by atoms with Crippen LogP contribution < -0.4 is 5.73 Å². The van der Waals surface area contributed by atoms with Gasteiger partial charge in [-0.1, -0.05) is 19.8 Å². The molecule has 3 nitrogen and oxygen atoms in total. The van der Waals surface area contributed by atoms with Gasteiger partial charge in [0.25, 0.3) is 0 Å². The maximum atomic E-state index is 12.0. The molecule has 1 saturated heterocycles. The summed E-state index contributed by atoms with van der Waals surface area (Å²) >= 11 is 0. The van der Waals surface area contributed by atoms with Gasteiger partial charge in [-0.25, -0.2) is 0 Å². The zero-order valence-electron chi connectivity index (χ0n) is 10.3. The van der Waals surface area contributed by atoms with Crippen molar-refractivity contribution in [3.05, 3.63) is 0 Å². The molecule has 2 N–H and O–H groups in total. The van der Waals surface area contributed by atoms with E-state index in [9.17, 15) is 4.79 Å². The largest absolute Gasteiger partial charge is 0.342 e. The molecule has 0 radical (unpaired) electrons. The number of nitrogens with zero attached hydrogens (tertiary/aromatic N) is 1. The van der Waals surface area contributed by atoms with E-state index in [0.29, 0.717) is 6.42 Å². The molecule has 0 bridgehead atoms. The van der Waals surface area contributed by atoms with Crippen molar-refractivity contribution < 1.29 is 4.79 Å². The minimum absolute atomic E-state index is 0.0675. The van der Waals surface area contributed by atoms with Crippen molar-refractivity contribution in [2.24, 2.45) is 17.6 Å². The molecule has 3 unspecified atom stereocenters. The summed E-state index contributed by atoms with van der Waals surface area (Å²) in [5.74, 6) is 1.88. The van der Waals surface area contributed by atoms with Gasteiger partial charge in [-0.15, -0.1) is 0 Å². The summed E-state index contributed by atoms with van der Waals surface area (Å²) < 4.78 is 0. The van der Waals surface area contributed by atoms with Gasteiger partial charge in [0.05, 0.1) is 0 Å². The third-order valence-corrected chi connectivity index (χ3v) is 4.18. The third-order valence-electron chi connectivity index (χ3n) is 4.18. The van der Waals surface area contributed by atoms with Gasteiger partial charge in [0.1, 0.15) is 0 Å². The minimum Gasteiger partial charge on any atom is -0.342 e. The standard InChI is InChI=1S/C13H24N2O/c1-2-4-12(14)7-13(16)15-8-10-5-3-6-11(10)9-15/h10-12H,2-9,14H2,1H3. The highest BCUT2D eigenvalue weighted by molar-refractivity contribution is 5.77. The summed E-state index contributed by atoms with van der Waals surface area (Å²) in [6.07, 6.45) is 6.61. The van der Waals surface area contributed by atoms with E-state index < -0.39 is 0 Å². The van der Waals surface area contributed by atoms with Crippen LogP contribution in [0.25, 0.3) is 0 Å². The van der Waals surface area contributed by atoms with Gasteiger partial charge in [-0.05, 0) is 31.1 Å². The zero-order valence-corrected chi connectivity index (χ0v) is 10.3. The highest BCUT2D eigenvalue weighted by Gasteiger charge is 2.37. The van der Waals surface area contributed by atoms with Crippen LogP contribution in [0.3, 0.4) is 0 Å². The van der Waals surface area contributed by atoms with Gasteiger partial charge in [0, 0.05) is 25.6 Å². The quantitative estimate of drug-likeness (QED) is 0.791. The Labute approximate surface area is 98.4 Å². The summed E-state index contributed by atoms with van der Waals surface area (Å²) in [5, 5.41) is 0. The molecule has 1 amide bonds. The van der Waals surface area contributed by atoms with Crippen molar-refractivity contribution in [1.29, 1.82) is 0 Å². The lowest BCUT2D eigenvalue weighted by Crippen LogP contribution is -2.34. The molecule has 1 aliphatic carbocycles.